The Balaban J connectivity index is 1.68. The number of hydrogen-bond donors (Lipinski definition) is 2. The van der Waals surface area contributed by atoms with Crippen molar-refractivity contribution in [2.75, 3.05) is 0 Å². The highest BCUT2D eigenvalue weighted by Crippen LogP contribution is 2.24. The summed E-state index contributed by atoms with van der Waals surface area (Å²) in [6.45, 7) is 0. The third kappa shape index (κ3) is 5.92. The fourth-order valence-corrected chi connectivity index (χ4v) is 3.15. The van der Waals surface area contributed by atoms with Crippen molar-refractivity contribution >= 4 is 41.2 Å². The van der Waals surface area contributed by atoms with Gasteiger partial charge in [-0.2, -0.15) is 5.10 Å². The molecule has 0 saturated carbocycles. The predicted molar refractivity (Wildman–Crippen MR) is 120 cm³/mol. The van der Waals surface area contributed by atoms with Crippen molar-refractivity contribution in [3.05, 3.63) is 106 Å². The first-order chi connectivity index (χ1) is 14.5. The molecular weight excluding hydrogens is 421 g/mol. The van der Waals surface area contributed by atoms with Gasteiger partial charge in [-0.25, -0.2) is 5.43 Å². The van der Waals surface area contributed by atoms with E-state index in [9.17, 15) is 9.59 Å². The third-order valence-corrected chi connectivity index (χ3v) is 5.14. The van der Waals surface area contributed by atoms with Gasteiger partial charge in [-0.05, 0) is 23.8 Å². The standard InChI is InChI=1S/C23H19Cl2N3O2/c24-19-13-7-12-18(22(19)25)15-26-28-21(29)14-20(16-8-3-1-4-9-16)27-23(30)17-10-5-2-6-11-17/h1-13,15,20H,14H2,(H,27,30)(H,28,29)/b26-15-/t20-/m1/s1. The Labute approximate surface area is 184 Å². The van der Waals surface area contributed by atoms with Crippen LogP contribution in [0.4, 0.5) is 0 Å². The summed E-state index contributed by atoms with van der Waals surface area (Å²) in [5.41, 5.74) is 4.39. The van der Waals surface area contributed by atoms with Crippen LogP contribution in [0.3, 0.4) is 0 Å². The highest BCUT2D eigenvalue weighted by molar-refractivity contribution is 6.43. The Morgan fingerprint density at radius 3 is 2.27 bits per heavy atom. The van der Waals surface area contributed by atoms with Crippen molar-refractivity contribution in [3.8, 4) is 0 Å². The van der Waals surface area contributed by atoms with Crippen LogP contribution in [-0.4, -0.2) is 18.0 Å². The zero-order chi connectivity index (χ0) is 21.3. The molecule has 7 heteroatoms. The molecule has 3 rings (SSSR count). The van der Waals surface area contributed by atoms with Gasteiger partial charge in [0, 0.05) is 11.1 Å². The van der Waals surface area contributed by atoms with E-state index in [0.29, 0.717) is 21.2 Å². The van der Waals surface area contributed by atoms with E-state index in [1.165, 1.54) is 6.21 Å². The Bertz CT molecular complexity index is 1040. The van der Waals surface area contributed by atoms with Crippen LogP contribution in [0.1, 0.15) is 33.9 Å². The number of hydrogen-bond acceptors (Lipinski definition) is 3. The molecule has 5 nitrogen and oxygen atoms in total. The number of hydrazone groups is 1. The molecular formula is C23H19Cl2N3O2. The van der Waals surface area contributed by atoms with Crippen LogP contribution >= 0.6 is 23.2 Å². The lowest BCUT2D eigenvalue weighted by Gasteiger charge is -2.18. The Hall–Kier alpha value is -3.15. The first-order valence-electron chi connectivity index (χ1n) is 9.21. The fraction of sp³-hybridized carbons (Fsp3) is 0.0870. The minimum Gasteiger partial charge on any atom is -0.345 e. The molecule has 0 fully saturated rings. The summed E-state index contributed by atoms with van der Waals surface area (Å²) in [6, 6.07) is 22.8. The van der Waals surface area contributed by atoms with E-state index in [1.807, 2.05) is 36.4 Å². The Morgan fingerprint density at radius 1 is 0.900 bits per heavy atom. The van der Waals surface area contributed by atoms with Gasteiger partial charge in [-0.3, -0.25) is 9.59 Å². The normalized spacial score (nSPS) is 11.8. The van der Waals surface area contributed by atoms with Gasteiger partial charge in [-0.1, -0.05) is 83.9 Å². The number of benzene rings is 3. The van der Waals surface area contributed by atoms with Gasteiger partial charge in [0.15, 0.2) is 0 Å². The first-order valence-corrected chi connectivity index (χ1v) is 9.97. The molecule has 3 aromatic rings. The van der Waals surface area contributed by atoms with Crippen molar-refractivity contribution in [1.82, 2.24) is 10.7 Å². The zero-order valence-corrected chi connectivity index (χ0v) is 17.4. The van der Waals surface area contributed by atoms with Gasteiger partial charge in [0.05, 0.1) is 28.7 Å². The van der Waals surface area contributed by atoms with Crippen LogP contribution in [0.5, 0.6) is 0 Å². The lowest BCUT2D eigenvalue weighted by molar-refractivity contribution is -0.121. The summed E-state index contributed by atoms with van der Waals surface area (Å²) in [4.78, 5) is 25.0. The van der Waals surface area contributed by atoms with Gasteiger partial charge in [0.2, 0.25) is 5.91 Å². The van der Waals surface area contributed by atoms with Crippen molar-refractivity contribution in [2.24, 2.45) is 5.10 Å². The van der Waals surface area contributed by atoms with Crippen LogP contribution in [0.25, 0.3) is 0 Å². The highest BCUT2D eigenvalue weighted by Gasteiger charge is 2.19. The van der Waals surface area contributed by atoms with Crippen molar-refractivity contribution in [1.29, 1.82) is 0 Å². The molecule has 1 atom stereocenters. The second kappa shape index (κ2) is 10.6. The molecule has 2 N–H and O–H groups in total. The number of carbonyl (C=O) groups excluding carboxylic acids is 2. The summed E-state index contributed by atoms with van der Waals surface area (Å²) >= 11 is 12.1. The van der Waals surface area contributed by atoms with Crippen LogP contribution in [0.2, 0.25) is 10.0 Å². The van der Waals surface area contributed by atoms with E-state index in [2.05, 4.69) is 15.8 Å². The lowest BCUT2D eigenvalue weighted by Crippen LogP contribution is -2.32. The topological polar surface area (TPSA) is 70.6 Å². The van der Waals surface area contributed by atoms with Crippen LogP contribution in [-0.2, 0) is 4.79 Å². The highest BCUT2D eigenvalue weighted by atomic mass is 35.5. The molecule has 0 saturated heterocycles. The maximum Gasteiger partial charge on any atom is 0.251 e. The minimum absolute atomic E-state index is 0.0171. The second-order valence-electron chi connectivity index (χ2n) is 6.44. The van der Waals surface area contributed by atoms with E-state index in [4.69, 9.17) is 23.2 Å². The average molecular weight is 440 g/mol. The van der Waals surface area contributed by atoms with Gasteiger partial charge < -0.3 is 5.32 Å². The third-order valence-electron chi connectivity index (χ3n) is 4.31. The van der Waals surface area contributed by atoms with Crippen molar-refractivity contribution in [3.63, 3.8) is 0 Å². The smallest absolute Gasteiger partial charge is 0.251 e. The van der Waals surface area contributed by atoms with E-state index in [1.54, 1.807) is 42.5 Å². The van der Waals surface area contributed by atoms with E-state index >= 15 is 0 Å². The lowest BCUT2D eigenvalue weighted by atomic mass is 10.0. The van der Waals surface area contributed by atoms with Crippen molar-refractivity contribution < 1.29 is 9.59 Å². The van der Waals surface area contributed by atoms with Gasteiger partial charge >= 0.3 is 0 Å². The molecule has 0 radical (unpaired) electrons. The molecule has 0 aliphatic carbocycles. The molecule has 0 heterocycles. The van der Waals surface area contributed by atoms with Gasteiger partial charge in [0.25, 0.3) is 5.91 Å². The Morgan fingerprint density at radius 2 is 1.57 bits per heavy atom. The molecule has 0 spiro atoms. The molecule has 0 bridgehead atoms. The second-order valence-corrected chi connectivity index (χ2v) is 7.23. The monoisotopic (exact) mass is 439 g/mol. The maximum atomic E-state index is 12.6. The SMILES string of the molecule is O=C(C[C@@H](NC(=O)c1ccccc1)c1ccccc1)N/N=C\c1cccc(Cl)c1Cl. The van der Waals surface area contributed by atoms with E-state index in [-0.39, 0.29) is 18.2 Å². The van der Waals surface area contributed by atoms with Gasteiger partial charge in [0.1, 0.15) is 0 Å². The molecule has 0 aliphatic heterocycles. The average Bonchev–Trinajstić information content (AvgIpc) is 2.77. The fourth-order valence-electron chi connectivity index (χ4n) is 2.79. The predicted octanol–water partition coefficient (Wildman–Crippen LogP) is 5.00. The quantitative estimate of drug-likeness (QED) is 0.401. The molecule has 0 aromatic heterocycles. The largest absolute Gasteiger partial charge is 0.345 e. The molecule has 0 aliphatic rings. The number of nitrogens with one attached hydrogen (secondary N) is 2. The Kier molecular flexibility index (Phi) is 7.60. The molecule has 3 aromatic carbocycles. The van der Waals surface area contributed by atoms with Crippen LogP contribution in [0, 0.1) is 0 Å². The number of halogens is 2. The first kappa shape index (κ1) is 21.6. The van der Waals surface area contributed by atoms with E-state index < -0.39 is 6.04 Å². The van der Waals surface area contributed by atoms with Crippen LogP contribution < -0.4 is 10.7 Å². The minimum atomic E-state index is -0.510. The zero-order valence-electron chi connectivity index (χ0n) is 15.9. The summed E-state index contributed by atoms with van der Waals surface area (Å²) < 4.78 is 0. The molecule has 2 amide bonds. The molecule has 30 heavy (non-hydrogen) atoms. The molecule has 0 unspecified atom stereocenters. The summed E-state index contributed by atoms with van der Waals surface area (Å²) in [5, 5.41) is 7.62. The van der Waals surface area contributed by atoms with Crippen molar-refractivity contribution in [2.45, 2.75) is 12.5 Å². The number of nitrogens with zero attached hydrogens (tertiary/aromatic N) is 1. The van der Waals surface area contributed by atoms with E-state index in [0.717, 1.165) is 5.56 Å². The summed E-state index contributed by atoms with van der Waals surface area (Å²) in [6.07, 6.45) is 1.44. The maximum absolute atomic E-state index is 12.6. The summed E-state index contributed by atoms with van der Waals surface area (Å²) in [5.74, 6) is -0.613. The van der Waals surface area contributed by atoms with Crippen LogP contribution in [0.15, 0.2) is 84.0 Å². The number of carbonyl (C=O) groups is 2. The summed E-state index contributed by atoms with van der Waals surface area (Å²) in [7, 11) is 0. The number of amides is 2. The molecule has 152 valence electrons. The van der Waals surface area contributed by atoms with Gasteiger partial charge in [-0.15, -0.1) is 0 Å². The number of rotatable bonds is 7.